The number of primary amides is 1. The molecule has 3 N–H and O–H groups in total. The van der Waals surface area contributed by atoms with Crippen molar-refractivity contribution in [1.29, 1.82) is 0 Å². The highest BCUT2D eigenvalue weighted by atomic mass is 16.6. The maximum atomic E-state index is 11.0. The zero-order valence-corrected chi connectivity index (χ0v) is 8.11. The second-order valence-corrected chi connectivity index (χ2v) is 4.19. The zero-order valence-electron chi connectivity index (χ0n) is 8.11. The van der Waals surface area contributed by atoms with Crippen LogP contribution in [0.25, 0.3) is 0 Å². The molecule has 0 aliphatic carbocycles. The minimum absolute atomic E-state index is 0.297. The number of aliphatic hydroxyl groups is 1. The van der Waals surface area contributed by atoms with Crippen LogP contribution in [0.2, 0.25) is 0 Å². The van der Waals surface area contributed by atoms with Crippen LogP contribution in [-0.4, -0.2) is 53.9 Å². The summed E-state index contributed by atoms with van der Waals surface area (Å²) >= 11 is 0. The van der Waals surface area contributed by atoms with Crippen LogP contribution in [0, 0.1) is 0 Å². The first-order chi connectivity index (χ1) is 6.60. The average Bonchev–Trinajstić information content (AvgIpc) is 2.88. The Morgan fingerprint density at radius 3 is 3.00 bits per heavy atom. The minimum atomic E-state index is -1.33. The Bertz CT molecular complexity index is 242. The van der Waals surface area contributed by atoms with E-state index in [1.807, 2.05) is 4.90 Å². The fraction of sp³-hybridized carbons (Fsp3) is 0.889. The summed E-state index contributed by atoms with van der Waals surface area (Å²) < 4.78 is 5.10. The summed E-state index contributed by atoms with van der Waals surface area (Å²) in [6.45, 7) is 2.86. The van der Waals surface area contributed by atoms with E-state index in [-0.39, 0.29) is 0 Å². The van der Waals surface area contributed by atoms with Gasteiger partial charge in [-0.15, -0.1) is 0 Å². The summed E-state index contributed by atoms with van der Waals surface area (Å²) in [6, 6.07) is 0. The third-order valence-electron chi connectivity index (χ3n) is 2.87. The lowest BCUT2D eigenvalue weighted by Crippen LogP contribution is -2.56. The van der Waals surface area contributed by atoms with Crippen molar-refractivity contribution < 1.29 is 14.6 Å². The number of rotatable bonds is 3. The van der Waals surface area contributed by atoms with Crippen LogP contribution < -0.4 is 5.73 Å². The SMILES string of the molecule is NC(=O)C1(O)CCCN(C[C@@H]2CO2)C1. The molecule has 2 fully saturated rings. The molecule has 2 saturated heterocycles. The number of hydrogen-bond acceptors (Lipinski definition) is 4. The van der Waals surface area contributed by atoms with Gasteiger partial charge >= 0.3 is 0 Å². The fourth-order valence-corrected chi connectivity index (χ4v) is 1.94. The Hall–Kier alpha value is -0.650. The number of carbonyl (C=O) groups excluding carboxylic acids is 1. The molecule has 0 saturated carbocycles. The Labute approximate surface area is 82.8 Å². The molecule has 2 atom stereocenters. The minimum Gasteiger partial charge on any atom is -0.379 e. The highest BCUT2D eigenvalue weighted by Crippen LogP contribution is 2.22. The van der Waals surface area contributed by atoms with Crippen molar-refractivity contribution in [2.45, 2.75) is 24.5 Å². The first-order valence-electron chi connectivity index (χ1n) is 4.96. The number of carbonyl (C=O) groups is 1. The molecule has 0 aromatic rings. The first-order valence-corrected chi connectivity index (χ1v) is 4.96. The van der Waals surface area contributed by atoms with E-state index >= 15 is 0 Å². The van der Waals surface area contributed by atoms with Gasteiger partial charge in [0.1, 0.15) is 0 Å². The molecule has 0 aromatic heterocycles. The largest absolute Gasteiger partial charge is 0.379 e. The molecular formula is C9H16N2O3. The molecule has 2 aliphatic heterocycles. The lowest BCUT2D eigenvalue weighted by Gasteiger charge is -2.36. The average molecular weight is 200 g/mol. The number of nitrogens with zero attached hydrogens (tertiary/aromatic N) is 1. The van der Waals surface area contributed by atoms with Crippen molar-refractivity contribution in [2.75, 3.05) is 26.2 Å². The Morgan fingerprint density at radius 1 is 1.71 bits per heavy atom. The van der Waals surface area contributed by atoms with Gasteiger partial charge in [0.25, 0.3) is 5.91 Å². The number of ether oxygens (including phenoxy) is 1. The smallest absolute Gasteiger partial charge is 0.250 e. The summed E-state index contributed by atoms with van der Waals surface area (Å²) in [4.78, 5) is 13.1. The molecular weight excluding hydrogens is 184 g/mol. The third-order valence-corrected chi connectivity index (χ3v) is 2.87. The van der Waals surface area contributed by atoms with E-state index in [0.717, 1.165) is 26.1 Å². The standard InChI is InChI=1S/C9H16N2O3/c10-8(12)9(13)2-1-3-11(6-9)4-7-5-14-7/h7,13H,1-6H2,(H2,10,12)/t7-,9?/m1/s1. The molecule has 0 radical (unpaired) electrons. The van der Waals surface area contributed by atoms with Crippen LogP contribution in [0.1, 0.15) is 12.8 Å². The lowest BCUT2D eigenvalue weighted by molar-refractivity contribution is -0.142. The maximum Gasteiger partial charge on any atom is 0.250 e. The highest BCUT2D eigenvalue weighted by molar-refractivity contribution is 5.83. The number of β-amino-alcohol motifs (C(OH)–C–C–N with tert-alkyl or cyclic N) is 1. The monoisotopic (exact) mass is 200 g/mol. The molecule has 14 heavy (non-hydrogen) atoms. The van der Waals surface area contributed by atoms with Gasteiger partial charge < -0.3 is 15.6 Å². The van der Waals surface area contributed by atoms with Crippen LogP contribution >= 0.6 is 0 Å². The van der Waals surface area contributed by atoms with Crippen molar-refractivity contribution in [3.05, 3.63) is 0 Å². The summed E-state index contributed by atoms with van der Waals surface area (Å²) in [5.74, 6) is -0.612. The summed E-state index contributed by atoms with van der Waals surface area (Å²) in [5, 5.41) is 9.90. The van der Waals surface area contributed by atoms with Crippen molar-refractivity contribution in [2.24, 2.45) is 5.73 Å². The third kappa shape index (κ3) is 2.05. The number of piperidine rings is 1. The van der Waals surface area contributed by atoms with Crippen LogP contribution in [0.5, 0.6) is 0 Å². The quantitative estimate of drug-likeness (QED) is 0.555. The predicted molar refractivity (Wildman–Crippen MR) is 49.6 cm³/mol. The van der Waals surface area contributed by atoms with Gasteiger partial charge in [0.05, 0.1) is 12.7 Å². The van der Waals surface area contributed by atoms with Gasteiger partial charge in [-0.1, -0.05) is 0 Å². The molecule has 0 spiro atoms. The molecule has 2 rings (SSSR count). The highest BCUT2D eigenvalue weighted by Gasteiger charge is 2.40. The number of likely N-dealkylation sites (tertiary alicyclic amines) is 1. The van der Waals surface area contributed by atoms with Crippen LogP contribution in [0.4, 0.5) is 0 Å². The predicted octanol–water partition coefficient (Wildman–Crippen LogP) is -1.30. The van der Waals surface area contributed by atoms with Crippen molar-refractivity contribution in [3.63, 3.8) is 0 Å². The zero-order chi connectivity index (χ0) is 10.2. The maximum absolute atomic E-state index is 11.0. The lowest BCUT2D eigenvalue weighted by atomic mass is 9.92. The van der Waals surface area contributed by atoms with Gasteiger partial charge in [-0.25, -0.2) is 0 Å². The van der Waals surface area contributed by atoms with Gasteiger partial charge in [-0.05, 0) is 19.4 Å². The van der Waals surface area contributed by atoms with E-state index < -0.39 is 11.5 Å². The first kappa shape index (κ1) is 9.89. The van der Waals surface area contributed by atoms with Gasteiger partial charge in [0.15, 0.2) is 5.60 Å². The van der Waals surface area contributed by atoms with E-state index in [0.29, 0.717) is 19.1 Å². The van der Waals surface area contributed by atoms with Crippen LogP contribution in [-0.2, 0) is 9.53 Å². The topological polar surface area (TPSA) is 79.1 Å². The van der Waals surface area contributed by atoms with E-state index in [9.17, 15) is 9.90 Å². The second kappa shape index (κ2) is 3.49. The second-order valence-electron chi connectivity index (χ2n) is 4.19. The van der Waals surface area contributed by atoms with Crippen molar-refractivity contribution in [1.82, 2.24) is 4.90 Å². The molecule has 0 bridgehead atoms. The van der Waals surface area contributed by atoms with Gasteiger partial charge in [-0.3, -0.25) is 9.69 Å². The van der Waals surface area contributed by atoms with Crippen molar-refractivity contribution in [3.8, 4) is 0 Å². The molecule has 1 unspecified atom stereocenters. The van der Waals surface area contributed by atoms with E-state index in [1.165, 1.54) is 0 Å². The number of amides is 1. The van der Waals surface area contributed by atoms with E-state index in [2.05, 4.69) is 0 Å². The number of hydrogen-bond donors (Lipinski definition) is 2. The van der Waals surface area contributed by atoms with E-state index in [1.54, 1.807) is 0 Å². The van der Waals surface area contributed by atoms with Crippen molar-refractivity contribution >= 4 is 5.91 Å². The number of epoxide rings is 1. The Kier molecular flexibility index (Phi) is 2.47. The normalized spacial score (nSPS) is 38.2. The molecule has 80 valence electrons. The molecule has 5 heteroatoms. The van der Waals surface area contributed by atoms with Gasteiger partial charge in [0, 0.05) is 13.1 Å². The Morgan fingerprint density at radius 2 is 2.43 bits per heavy atom. The molecule has 5 nitrogen and oxygen atoms in total. The van der Waals surface area contributed by atoms with Crippen LogP contribution in [0.15, 0.2) is 0 Å². The number of nitrogens with two attached hydrogens (primary N) is 1. The molecule has 2 aliphatic rings. The molecule has 0 aromatic carbocycles. The summed E-state index contributed by atoms with van der Waals surface area (Å²) in [6.07, 6.45) is 1.58. The van der Waals surface area contributed by atoms with Gasteiger partial charge in [0.2, 0.25) is 0 Å². The summed E-state index contributed by atoms with van der Waals surface area (Å²) in [5.41, 5.74) is 3.84. The fourth-order valence-electron chi connectivity index (χ4n) is 1.94. The van der Waals surface area contributed by atoms with E-state index in [4.69, 9.17) is 10.5 Å². The van der Waals surface area contributed by atoms with Gasteiger partial charge in [-0.2, -0.15) is 0 Å². The molecule has 1 amide bonds. The Balaban J connectivity index is 1.91. The molecule has 2 heterocycles. The summed E-state index contributed by atoms with van der Waals surface area (Å²) in [7, 11) is 0. The van der Waals surface area contributed by atoms with Crippen LogP contribution in [0.3, 0.4) is 0 Å².